The molecule has 0 saturated carbocycles. The first-order valence-electron chi connectivity index (χ1n) is 7.62. The number of urea groups is 1. The average Bonchev–Trinajstić information content (AvgIpc) is 2.59. The molecule has 146 valence electrons. The van der Waals surface area contributed by atoms with E-state index < -0.39 is 22.8 Å². The topological polar surface area (TPSA) is 61.4 Å². The van der Waals surface area contributed by atoms with Crippen LogP contribution < -0.4 is 10.6 Å². The molecule has 0 atom stereocenters. The molecule has 4 nitrogen and oxygen atoms in total. The fourth-order valence-corrected chi connectivity index (χ4v) is 3.37. The third-order valence-corrected chi connectivity index (χ3v) is 4.73. The highest BCUT2D eigenvalue weighted by Crippen LogP contribution is 2.39. The number of halogens is 6. The number of rotatable bonds is 2. The van der Waals surface area contributed by atoms with Gasteiger partial charge in [0.05, 0.1) is 26.3 Å². The number of alkyl halides is 3. The van der Waals surface area contributed by atoms with Crippen LogP contribution in [0.3, 0.4) is 0 Å². The van der Waals surface area contributed by atoms with Gasteiger partial charge in [-0.05, 0) is 42.5 Å². The highest BCUT2D eigenvalue weighted by Gasteiger charge is 2.33. The molecular formula is C18H10Cl3F3N2O2. The first-order valence-corrected chi connectivity index (χ1v) is 8.75. The number of phenols is 1. The number of benzene rings is 3. The monoisotopic (exact) mass is 448 g/mol. The van der Waals surface area contributed by atoms with E-state index >= 15 is 0 Å². The second-order valence-corrected chi connectivity index (χ2v) is 6.94. The third-order valence-electron chi connectivity index (χ3n) is 3.79. The normalized spacial score (nSPS) is 11.5. The highest BCUT2D eigenvalue weighted by molar-refractivity contribution is 6.41. The van der Waals surface area contributed by atoms with Crippen molar-refractivity contribution in [2.24, 2.45) is 0 Å². The van der Waals surface area contributed by atoms with Crippen LogP contribution in [0.4, 0.5) is 29.3 Å². The number of carbonyl (C=O) groups is 1. The molecule has 0 unspecified atom stereocenters. The smallest absolute Gasteiger partial charge is 0.417 e. The van der Waals surface area contributed by atoms with E-state index in [-0.39, 0.29) is 22.1 Å². The molecule has 3 aromatic carbocycles. The number of hydrogen-bond acceptors (Lipinski definition) is 2. The molecule has 0 aliphatic rings. The van der Waals surface area contributed by atoms with Crippen LogP contribution in [0.2, 0.25) is 15.1 Å². The highest BCUT2D eigenvalue weighted by atomic mass is 35.5. The van der Waals surface area contributed by atoms with E-state index in [4.69, 9.17) is 34.8 Å². The molecule has 2 amide bonds. The van der Waals surface area contributed by atoms with Crippen LogP contribution in [0.5, 0.6) is 5.75 Å². The first kappa shape index (κ1) is 20.4. The minimum atomic E-state index is -4.67. The predicted molar refractivity (Wildman–Crippen MR) is 105 cm³/mol. The number of amides is 2. The molecule has 3 rings (SSSR count). The summed E-state index contributed by atoms with van der Waals surface area (Å²) < 4.78 is 38.8. The second-order valence-electron chi connectivity index (χ2n) is 5.72. The maximum atomic E-state index is 12.9. The molecule has 0 bridgehead atoms. The molecule has 0 radical (unpaired) electrons. The zero-order valence-electron chi connectivity index (χ0n) is 13.7. The minimum absolute atomic E-state index is 0.0817. The van der Waals surface area contributed by atoms with Crippen LogP contribution in [-0.2, 0) is 6.18 Å². The van der Waals surface area contributed by atoms with Crippen LogP contribution in [0.25, 0.3) is 10.8 Å². The van der Waals surface area contributed by atoms with Crippen molar-refractivity contribution in [2.45, 2.75) is 6.18 Å². The summed E-state index contributed by atoms with van der Waals surface area (Å²) in [6, 6.07) is 7.85. The van der Waals surface area contributed by atoms with E-state index in [1.165, 1.54) is 24.3 Å². The lowest BCUT2D eigenvalue weighted by Gasteiger charge is -2.15. The van der Waals surface area contributed by atoms with Gasteiger partial charge >= 0.3 is 12.2 Å². The number of aromatic hydroxyl groups is 1. The predicted octanol–water partition coefficient (Wildman–Crippen LogP) is 7.17. The molecule has 3 N–H and O–H groups in total. The minimum Gasteiger partial charge on any atom is -0.508 e. The number of hydrogen-bond donors (Lipinski definition) is 3. The van der Waals surface area contributed by atoms with Crippen LogP contribution >= 0.6 is 34.8 Å². The van der Waals surface area contributed by atoms with Crippen molar-refractivity contribution in [1.29, 1.82) is 0 Å². The molecule has 0 aliphatic heterocycles. The van der Waals surface area contributed by atoms with E-state index in [0.29, 0.717) is 15.8 Å². The van der Waals surface area contributed by atoms with Crippen LogP contribution in [0.1, 0.15) is 5.56 Å². The zero-order valence-corrected chi connectivity index (χ0v) is 15.9. The number of fused-ring (bicyclic) bond motifs is 1. The van der Waals surface area contributed by atoms with Crippen molar-refractivity contribution >= 4 is 63.0 Å². The third kappa shape index (κ3) is 4.22. The van der Waals surface area contributed by atoms with Gasteiger partial charge in [0.2, 0.25) is 0 Å². The Bertz CT molecular complexity index is 1090. The molecule has 0 fully saturated rings. The summed E-state index contributed by atoms with van der Waals surface area (Å²) in [7, 11) is 0. The molecule has 0 saturated heterocycles. The molecule has 10 heteroatoms. The van der Waals surface area contributed by atoms with Gasteiger partial charge in [-0.15, -0.1) is 0 Å². The number of nitrogens with one attached hydrogen (secondary N) is 2. The number of carbonyl (C=O) groups excluding carboxylic acids is 1. The lowest BCUT2D eigenvalue weighted by atomic mass is 10.1. The zero-order chi connectivity index (χ0) is 20.6. The van der Waals surface area contributed by atoms with E-state index in [0.717, 1.165) is 12.1 Å². The van der Waals surface area contributed by atoms with Crippen molar-refractivity contribution in [3.8, 4) is 5.75 Å². The van der Waals surface area contributed by atoms with Crippen LogP contribution in [0.15, 0.2) is 42.5 Å². The van der Waals surface area contributed by atoms with Crippen molar-refractivity contribution in [3.63, 3.8) is 0 Å². The molecule has 0 spiro atoms. The van der Waals surface area contributed by atoms with Crippen LogP contribution in [0, 0.1) is 0 Å². The van der Waals surface area contributed by atoms with Gasteiger partial charge in [0.1, 0.15) is 5.75 Å². The second kappa shape index (κ2) is 7.58. The Morgan fingerprint density at radius 1 is 0.857 bits per heavy atom. The Morgan fingerprint density at radius 3 is 2.25 bits per heavy atom. The summed E-state index contributed by atoms with van der Waals surface area (Å²) >= 11 is 17.8. The fourth-order valence-electron chi connectivity index (χ4n) is 2.56. The number of phenolic OH excluding ortho intramolecular Hbond substituents is 1. The first-order chi connectivity index (χ1) is 13.1. The average molecular weight is 450 g/mol. The Balaban J connectivity index is 1.92. The quantitative estimate of drug-likeness (QED) is 0.388. The SMILES string of the molecule is O=C(Nc1ccc(Cl)c(C(F)(F)F)c1)Nc1c(Cl)cc(Cl)c2ccc(O)cc12. The molecule has 28 heavy (non-hydrogen) atoms. The summed E-state index contributed by atoms with van der Waals surface area (Å²) in [5, 5.41) is 15.2. The lowest BCUT2D eigenvalue weighted by molar-refractivity contribution is -0.137. The summed E-state index contributed by atoms with van der Waals surface area (Å²) in [6.45, 7) is 0. The van der Waals surface area contributed by atoms with Gasteiger partial charge in [-0.3, -0.25) is 0 Å². The van der Waals surface area contributed by atoms with Gasteiger partial charge in [-0.25, -0.2) is 4.79 Å². The molecular weight excluding hydrogens is 440 g/mol. The standard InChI is InChI=1S/C18H10Cl3F3N2O2/c19-13-4-1-8(5-12(13)18(22,23)24)25-17(28)26-16-11-6-9(27)2-3-10(11)14(20)7-15(16)21/h1-7,27H,(H2,25,26,28). The molecule has 3 aromatic rings. The van der Waals surface area contributed by atoms with Gasteiger partial charge in [0.25, 0.3) is 0 Å². The summed E-state index contributed by atoms with van der Waals surface area (Å²) in [4.78, 5) is 12.3. The van der Waals surface area contributed by atoms with Gasteiger partial charge in [0.15, 0.2) is 0 Å². The Morgan fingerprint density at radius 2 is 1.57 bits per heavy atom. The van der Waals surface area contributed by atoms with E-state index in [1.54, 1.807) is 6.07 Å². The van der Waals surface area contributed by atoms with Gasteiger partial charge in [-0.2, -0.15) is 13.2 Å². The van der Waals surface area contributed by atoms with Crippen molar-refractivity contribution < 1.29 is 23.1 Å². The molecule has 0 aliphatic carbocycles. The Labute approximate surface area is 171 Å². The largest absolute Gasteiger partial charge is 0.508 e. The maximum absolute atomic E-state index is 12.9. The van der Waals surface area contributed by atoms with Crippen molar-refractivity contribution in [3.05, 3.63) is 63.1 Å². The lowest BCUT2D eigenvalue weighted by Crippen LogP contribution is -2.20. The van der Waals surface area contributed by atoms with Gasteiger partial charge in [0, 0.05) is 16.5 Å². The van der Waals surface area contributed by atoms with Crippen LogP contribution in [-0.4, -0.2) is 11.1 Å². The molecule has 0 aromatic heterocycles. The van der Waals surface area contributed by atoms with E-state index in [9.17, 15) is 23.1 Å². The van der Waals surface area contributed by atoms with Gasteiger partial charge < -0.3 is 15.7 Å². The van der Waals surface area contributed by atoms with E-state index in [1.807, 2.05) is 0 Å². The number of anilines is 2. The Kier molecular flexibility index (Phi) is 5.52. The van der Waals surface area contributed by atoms with Crippen molar-refractivity contribution in [2.75, 3.05) is 10.6 Å². The Hall–Kier alpha value is -2.35. The summed E-state index contributed by atoms with van der Waals surface area (Å²) in [5.41, 5.74) is -1.06. The molecule has 0 heterocycles. The summed E-state index contributed by atoms with van der Waals surface area (Å²) in [5.74, 6) is -0.0817. The fraction of sp³-hybridized carbons (Fsp3) is 0.0556. The van der Waals surface area contributed by atoms with Crippen molar-refractivity contribution in [1.82, 2.24) is 0 Å². The van der Waals surface area contributed by atoms with E-state index in [2.05, 4.69) is 10.6 Å². The van der Waals surface area contributed by atoms with Gasteiger partial charge in [-0.1, -0.05) is 34.8 Å². The summed E-state index contributed by atoms with van der Waals surface area (Å²) in [6.07, 6.45) is -4.67. The maximum Gasteiger partial charge on any atom is 0.417 e.